The molecule has 0 bridgehead atoms. The average Bonchev–Trinajstić information content (AvgIpc) is 2.86. The first-order valence-corrected chi connectivity index (χ1v) is 6.87. The van der Waals surface area contributed by atoms with Crippen LogP contribution in [0.5, 0.6) is 5.75 Å². The highest BCUT2D eigenvalue weighted by molar-refractivity contribution is 7.20. The number of carboxylic acid groups (broad SMARTS) is 1. The van der Waals surface area contributed by atoms with E-state index in [0.717, 1.165) is 15.8 Å². The Hall–Kier alpha value is -2.08. The summed E-state index contributed by atoms with van der Waals surface area (Å²) in [5, 5.41) is 9.62. The number of carboxylic acids is 1. The van der Waals surface area contributed by atoms with Gasteiger partial charge in [0.25, 0.3) is 5.91 Å². The Kier molecular flexibility index (Phi) is 4.24. The summed E-state index contributed by atoms with van der Waals surface area (Å²) in [4.78, 5) is 24.7. The number of carbonyl (C=O) groups excluding carboxylic acids is 1. The minimum absolute atomic E-state index is 0.0546. The van der Waals surface area contributed by atoms with E-state index in [1.807, 2.05) is 24.3 Å². The van der Waals surface area contributed by atoms with Crippen LogP contribution >= 0.6 is 11.3 Å². The summed E-state index contributed by atoms with van der Waals surface area (Å²) >= 11 is 1.38. The molecular weight excluding hydrogens is 278 g/mol. The van der Waals surface area contributed by atoms with Gasteiger partial charge in [-0.2, -0.15) is 0 Å². The van der Waals surface area contributed by atoms with Gasteiger partial charge < -0.3 is 14.7 Å². The average molecular weight is 293 g/mol. The van der Waals surface area contributed by atoms with E-state index in [1.54, 1.807) is 14.2 Å². The lowest BCUT2D eigenvalue weighted by Crippen LogP contribution is -2.28. The Labute approximate surface area is 120 Å². The zero-order valence-electron chi connectivity index (χ0n) is 11.3. The van der Waals surface area contributed by atoms with E-state index in [9.17, 15) is 9.59 Å². The molecule has 0 atom stereocenters. The Morgan fingerprint density at radius 1 is 1.35 bits per heavy atom. The molecule has 1 amide bonds. The summed E-state index contributed by atoms with van der Waals surface area (Å²) < 4.78 is 6.12. The van der Waals surface area contributed by atoms with Crippen LogP contribution in [0, 0.1) is 0 Å². The van der Waals surface area contributed by atoms with Gasteiger partial charge in [-0.25, -0.2) is 0 Å². The Morgan fingerprint density at radius 2 is 2.10 bits per heavy atom. The number of hydrogen-bond donors (Lipinski definition) is 1. The molecule has 2 rings (SSSR count). The number of fused-ring (bicyclic) bond motifs is 1. The van der Waals surface area contributed by atoms with Crippen LogP contribution in [0.2, 0.25) is 0 Å². The lowest BCUT2D eigenvalue weighted by Gasteiger charge is -2.14. The van der Waals surface area contributed by atoms with Crippen molar-refractivity contribution >= 4 is 33.3 Å². The Morgan fingerprint density at radius 3 is 2.75 bits per heavy atom. The fourth-order valence-electron chi connectivity index (χ4n) is 1.80. The maximum absolute atomic E-state index is 12.2. The van der Waals surface area contributed by atoms with Crippen LogP contribution in [-0.4, -0.2) is 42.6 Å². The van der Waals surface area contributed by atoms with E-state index in [2.05, 4.69) is 0 Å². The number of rotatable bonds is 5. The van der Waals surface area contributed by atoms with E-state index in [-0.39, 0.29) is 18.9 Å². The molecule has 1 aromatic heterocycles. The van der Waals surface area contributed by atoms with Crippen LogP contribution in [0.4, 0.5) is 0 Å². The van der Waals surface area contributed by atoms with Crippen LogP contribution in [0.25, 0.3) is 10.1 Å². The number of ether oxygens (including phenoxy) is 1. The van der Waals surface area contributed by atoms with Gasteiger partial charge in [-0.05, 0) is 29.7 Å². The van der Waals surface area contributed by atoms with Crippen LogP contribution in [0.3, 0.4) is 0 Å². The third kappa shape index (κ3) is 3.08. The largest absolute Gasteiger partial charge is 0.497 e. The summed E-state index contributed by atoms with van der Waals surface area (Å²) in [5.41, 5.74) is 0. The van der Waals surface area contributed by atoms with E-state index < -0.39 is 5.97 Å². The van der Waals surface area contributed by atoms with E-state index in [1.165, 1.54) is 16.2 Å². The van der Waals surface area contributed by atoms with Gasteiger partial charge in [-0.1, -0.05) is 0 Å². The van der Waals surface area contributed by atoms with Gasteiger partial charge >= 0.3 is 5.97 Å². The lowest BCUT2D eigenvalue weighted by atomic mass is 10.2. The maximum atomic E-state index is 12.2. The zero-order chi connectivity index (χ0) is 14.7. The van der Waals surface area contributed by atoms with Crippen LogP contribution in [-0.2, 0) is 4.79 Å². The third-order valence-corrected chi connectivity index (χ3v) is 4.03. The minimum atomic E-state index is -0.911. The van der Waals surface area contributed by atoms with Crippen molar-refractivity contribution in [2.75, 3.05) is 20.7 Å². The number of carbonyl (C=O) groups is 2. The second-order valence-corrected chi connectivity index (χ2v) is 5.47. The molecule has 0 unspecified atom stereocenters. The van der Waals surface area contributed by atoms with Gasteiger partial charge in [-0.3, -0.25) is 9.59 Å². The van der Waals surface area contributed by atoms with Gasteiger partial charge in [0, 0.05) is 18.3 Å². The molecule has 0 fully saturated rings. The maximum Gasteiger partial charge on any atom is 0.305 e. The monoisotopic (exact) mass is 293 g/mol. The number of aliphatic carboxylic acids is 1. The van der Waals surface area contributed by atoms with Crippen molar-refractivity contribution in [1.82, 2.24) is 4.90 Å². The van der Waals surface area contributed by atoms with Gasteiger partial charge in [0.1, 0.15) is 5.75 Å². The van der Waals surface area contributed by atoms with Crippen molar-refractivity contribution < 1.29 is 19.4 Å². The SMILES string of the molecule is COc1ccc2cc(C(=O)N(C)CCC(=O)O)sc2c1. The van der Waals surface area contributed by atoms with Gasteiger partial charge in [0.15, 0.2) is 0 Å². The first-order chi connectivity index (χ1) is 9.51. The second kappa shape index (κ2) is 5.92. The number of hydrogen-bond acceptors (Lipinski definition) is 4. The molecule has 0 radical (unpaired) electrons. The number of nitrogens with zero attached hydrogens (tertiary/aromatic N) is 1. The third-order valence-electron chi connectivity index (χ3n) is 2.95. The van der Waals surface area contributed by atoms with Gasteiger partial charge in [-0.15, -0.1) is 11.3 Å². The Bertz CT molecular complexity index is 650. The first-order valence-electron chi connectivity index (χ1n) is 6.06. The van der Waals surface area contributed by atoms with Crippen LogP contribution in [0.1, 0.15) is 16.1 Å². The fourth-order valence-corrected chi connectivity index (χ4v) is 2.88. The molecule has 0 saturated heterocycles. The summed E-state index contributed by atoms with van der Waals surface area (Å²) in [6.45, 7) is 0.200. The molecule has 0 aliphatic heterocycles. The molecule has 106 valence electrons. The molecular formula is C14H15NO4S. The van der Waals surface area contributed by atoms with Crippen molar-refractivity contribution in [3.63, 3.8) is 0 Å². The number of amides is 1. The normalized spacial score (nSPS) is 10.5. The summed E-state index contributed by atoms with van der Waals surface area (Å²) in [7, 11) is 3.21. The first kappa shape index (κ1) is 14.3. The molecule has 0 aliphatic rings. The predicted octanol–water partition coefficient (Wildman–Crippen LogP) is 2.46. The van der Waals surface area contributed by atoms with Crippen LogP contribution in [0.15, 0.2) is 24.3 Å². The molecule has 2 aromatic rings. The molecule has 0 saturated carbocycles. The quantitative estimate of drug-likeness (QED) is 0.919. The standard InChI is InChI=1S/C14H15NO4S/c1-15(6-5-13(16)17)14(18)12-7-9-3-4-10(19-2)8-11(9)20-12/h3-4,7-8H,5-6H2,1-2H3,(H,16,17). The van der Waals surface area contributed by atoms with Crippen molar-refractivity contribution in [2.45, 2.75) is 6.42 Å². The molecule has 0 spiro atoms. The predicted molar refractivity (Wildman–Crippen MR) is 77.6 cm³/mol. The number of thiophene rings is 1. The van der Waals surface area contributed by atoms with E-state index in [4.69, 9.17) is 9.84 Å². The zero-order valence-corrected chi connectivity index (χ0v) is 12.1. The molecule has 5 nitrogen and oxygen atoms in total. The van der Waals surface area contributed by atoms with Crippen molar-refractivity contribution in [3.8, 4) is 5.75 Å². The number of benzene rings is 1. The highest BCUT2D eigenvalue weighted by Crippen LogP contribution is 2.29. The van der Waals surface area contributed by atoms with E-state index in [0.29, 0.717) is 4.88 Å². The molecule has 1 heterocycles. The highest BCUT2D eigenvalue weighted by atomic mass is 32.1. The highest BCUT2D eigenvalue weighted by Gasteiger charge is 2.15. The summed E-state index contributed by atoms with van der Waals surface area (Å²) in [5.74, 6) is -0.324. The van der Waals surface area contributed by atoms with Gasteiger partial charge in [0.2, 0.25) is 0 Å². The molecule has 20 heavy (non-hydrogen) atoms. The fraction of sp³-hybridized carbons (Fsp3) is 0.286. The van der Waals surface area contributed by atoms with E-state index >= 15 is 0 Å². The number of methoxy groups -OCH3 is 1. The molecule has 1 aromatic carbocycles. The van der Waals surface area contributed by atoms with Crippen molar-refractivity contribution in [1.29, 1.82) is 0 Å². The lowest BCUT2D eigenvalue weighted by molar-refractivity contribution is -0.137. The summed E-state index contributed by atoms with van der Waals surface area (Å²) in [6, 6.07) is 7.45. The van der Waals surface area contributed by atoms with Crippen molar-refractivity contribution in [3.05, 3.63) is 29.1 Å². The Balaban J connectivity index is 2.19. The van der Waals surface area contributed by atoms with Crippen LogP contribution < -0.4 is 4.74 Å². The molecule has 0 aliphatic carbocycles. The molecule has 1 N–H and O–H groups in total. The van der Waals surface area contributed by atoms with Crippen molar-refractivity contribution in [2.24, 2.45) is 0 Å². The van der Waals surface area contributed by atoms with Gasteiger partial charge in [0.05, 0.1) is 18.4 Å². The summed E-state index contributed by atoms with van der Waals surface area (Å²) in [6.07, 6.45) is -0.0546. The smallest absolute Gasteiger partial charge is 0.305 e. The minimum Gasteiger partial charge on any atom is -0.497 e. The topological polar surface area (TPSA) is 66.8 Å². The second-order valence-electron chi connectivity index (χ2n) is 4.38. The molecule has 6 heteroatoms.